The maximum Gasteiger partial charge on any atom is 0.423 e. The van der Waals surface area contributed by atoms with Crippen LogP contribution in [0, 0.1) is 0 Å². The van der Waals surface area contributed by atoms with Crippen molar-refractivity contribution in [3.8, 4) is 0 Å². The average Bonchev–Trinajstić information content (AvgIpc) is 3.12. The molecule has 0 bridgehead atoms. The first kappa shape index (κ1) is 20.5. The minimum absolute atomic E-state index is 0.0109. The molecule has 2 aliphatic heterocycles. The van der Waals surface area contributed by atoms with E-state index in [-0.39, 0.29) is 5.41 Å². The van der Waals surface area contributed by atoms with Crippen LogP contribution in [-0.2, 0) is 10.2 Å². The highest BCUT2D eigenvalue weighted by molar-refractivity contribution is 6.30. The number of benzene rings is 2. The van der Waals surface area contributed by atoms with Crippen LogP contribution in [0.2, 0.25) is 5.02 Å². The highest BCUT2D eigenvalue weighted by Gasteiger charge is 2.52. The molecule has 7 nitrogen and oxygen atoms in total. The van der Waals surface area contributed by atoms with Crippen molar-refractivity contribution in [2.24, 2.45) is 0 Å². The van der Waals surface area contributed by atoms with Gasteiger partial charge < -0.3 is 9.64 Å². The number of carbonyl (C=O) groups excluding carboxylic acids is 2. The Kier molecular flexibility index (Phi) is 5.11. The van der Waals surface area contributed by atoms with E-state index in [0.29, 0.717) is 22.6 Å². The van der Waals surface area contributed by atoms with Crippen LogP contribution in [0.5, 0.6) is 0 Å². The Bertz CT molecular complexity index is 1010. The fourth-order valence-electron chi connectivity index (χ4n) is 4.74. The summed E-state index contributed by atoms with van der Waals surface area (Å²) in [6.07, 6.45) is -0.282. The normalized spacial score (nSPS) is 22.4. The van der Waals surface area contributed by atoms with Gasteiger partial charge in [-0.1, -0.05) is 24.6 Å². The van der Waals surface area contributed by atoms with E-state index in [4.69, 9.17) is 16.3 Å². The summed E-state index contributed by atoms with van der Waals surface area (Å²) < 4.78 is 4.95. The van der Waals surface area contributed by atoms with E-state index in [2.05, 4.69) is 36.1 Å². The molecule has 0 radical (unpaired) electrons. The van der Waals surface area contributed by atoms with Crippen molar-refractivity contribution in [1.82, 2.24) is 4.90 Å². The molecule has 30 heavy (non-hydrogen) atoms. The van der Waals surface area contributed by atoms with Crippen LogP contribution in [0.1, 0.15) is 18.9 Å². The Morgan fingerprint density at radius 2 is 2.00 bits per heavy atom. The van der Waals surface area contributed by atoms with Gasteiger partial charge in [-0.25, -0.2) is 9.59 Å². The Balaban J connectivity index is 1.46. The van der Waals surface area contributed by atoms with Gasteiger partial charge in [-0.05, 0) is 55.4 Å². The molecule has 0 aliphatic carbocycles. The van der Waals surface area contributed by atoms with Crippen LogP contribution in [0.15, 0.2) is 42.5 Å². The van der Waals surface area contributed by atoms with Crippen molar-refractivity contribution >= 4 is 40.8 Å². The van der Waals surface area contributed by atoms with Gasteiger partial charge in [-0.3, -0.25) is 15.1 Å². The largest absolute Gasteiger partial charge is 0.423 e. The predicted molar refractivity (Wildman–Crippen MR) is 119 cm³/mol. The van der Waals surface area contributed by atoms with Gasteiger partial charge in [0.15, 0.2) is 0 Å². The monoisotopic (exact) mass is 428 g/mol. The number of likely N-dealkylation sites (N-methyl/N-ethyl adjacent to an activating group) is 2. The molecule has 1 fully saturated rings. The van der Waals surface area contributed by atoms with Crippen LogP contribution < -0.4 is 15.1 Å². The molecular formula is C22H25ClN4O3. The Labute approximate surface area is 181 Å². The number of carbonyl (C=O) groups is 2. The van der Waals surface area contributed by atoms with Crippen molar-refractivity contribution in [1.29, 1.82) is 0 Å². The Hall–Kier alpha value is -2.77. The van der Waals surface area contributed by atoms with Gasteiger partial charge in [0.25, 0.3) is 0 Å². The number of amides is 2. The zero-order valence-electron chi connectivity index (χ0n) is 17.5. The molecule has 8 heteroatoms. The van der Waals surface area contributed by atoms with Gasteiger partial charge in [-0.15, -0.1) is 0 Å². The summed E-state index contributed by atoms with van der Waals surface area (Å²) in [5.74, 6) is 0. The molecule has 2 aromatic rings. The average molecular weight is 429 g/mol. The lowest BCUT2D eigenvalue weighted by molar-refractivity contribution is 0.166. The zero-order valence-corrected chi connectivity index (χ0v) is 18.2. The molecule has 4 rings (SSSR count). The molecule has 0 aromatic heterocycles. The summed E-state index contributed by atoms with van der Waals surface area (Å²) in [5.41, 5.74) is 3.47. The first-order chi connectivity index (χ1) is 14.2. The van der Waals surface area contributed by atoms with Crippen LogP contribution in [0.4, 0.5) is 26.7 Å². The quantitative estimate of drug-likeness (QED) is 0.713. The lowest BCUT2D eigenvalue weighted by Crippen LogP contribution is -2.45. The molecule has 2 aromatic carbocycles. The van der Waals surface area contributed by atoms with Gasteiger partial charge in [0.05, 0.1) is 6.17 Å². The molecule has 2 atom stereocenters. The summed E-state index contributed by atoms with van der Waals surface area (Å²) in [5, 5.41) is 3.17. The standard InChI is InChI=1S/C22H25ClN4O3/c1-22-10-11-25(2)19(22)27(4)18-9-8-15(13-17(18)22)24-20(28)30-21(29)26(3)16-7-5-6-14(23)12-16/h5-9,12-13,19H,10-11H2,1-4H3,(H,24,28)/t19-,22-/m0/s1. The lowest BCUT2D eigenvalue weighted by atomic mass is 9.81. The maximum absolute atomic E-state index is 12.3. The molecule has 1 saturated heterocycles. The summed E-state index contributed by atoms with van der Waals surface area (Å²) in [7, 11) is 5.75. The first-order valence-electron chi connectivity index (χ1n) is 9.80. The number of nitrogens with zero attached hydrogens (tertiary/aromatic N) is 3. The van der Waals surface area contributed by atoms with Crippen LogP contribution in [0.25, 0.3) is 0 Å². The van der Waals surface area contributed by atoms with E-state index in [0.717, 1.165) is 18.7 Å². The summed E-state index contributed by atoms with van der Waals surface area (Å²) >= 11 is 5.96. The number of nitrogens with one attached hydrogen (secondary N) is 1. The van der Waals surface area contributed by atoms with Crippen LogP contribution in [-0.4, -0.2) is 50.9 Å². The van der Waals surface area contributed by atoms with E-state index in [1.54, 1.807) is 24.3 Å². The fourth-order valence-corrected chi connectivity index (χ4v) is 4.92. The molecule has 2 heterocycles. The predicted octanol–water partition coefficient (Wildman–Crippen LogP) is 4.51. The van der Waals surface area contributed by atoms with Crippen LogP contribution in [0.3, 0.4) is 0 Å². The van der Waals surface area contributed by atoms with Crippen LogP contribution >= 0.6 is 11.6 Å². The molecule has 2 aliphatic rings. The highest BCUT2D eigenvalue weighted by Crippen LogP contribution is 2.51. The minimum Gasteiger partial charge on any atom is -0.359 e. The second kappa shape index (κ2) is 7.49. The van der Waals surface area contributed by atoms with Crippen molar-refractivity contribution in [3.63, 3.8) is 0 Å². The van der Waals surface area contributed by atoms with E-state index >= 15 is 0 Å². The molecule has 2 amide bonds. The lowest BCUT2D eigenvalue weighted by Gasteiger charge is -2.32. The number of fused-ring (bicyclic) bond motifs is 3. The van der Waals surface area contributed by atoms with Crippen molar-refractivity contribution in [2.75, 3.05) is 42.8 Å². The van der Waals surface area contributed by atoms with Crippen molar-refractivity contribution in [2.45, 2.75) is 24.9 Å². The summed E-state index contributed by atoms with van der Waals surface area (Å²) in [4.78, 5) is 30.5. The highest BCUT2D eigenvalue weighted by atomic mass is 35.5. The second-order valence-corrected chi connectivity index (χ2v) is 8.62. The number of rotatable bonds is 2. The van der Waals surface area contributed by atoms with Gasteiger partial charge >= 0.3 is 12.2 Å². The van der Waals surface area contributed by atoms with Gasteiger partial charge in [-0.2, -0.15) is 0 Å². The number of likely N-dealkylation sites (tertiary alicyclic amines) is 1. The topological polar surface area (TPSA) is 65.1 Å². The first-order valence-corrected chi connectivity index (χ1v) is 10.2. The number of hydrogen-bond acceptors (Lipinski definition) is 5. The SMILES string of the molecule is CN(C(=O)OC(=O)Nc1ccc2c(c1)[C@]1(C)CCN(C)[C@H]1N2C)c1cccc(Cl)c1. The molecule has 1 N–H and O–H groups in total. The summed E-state index contributed by atoms with van der Waals surface area (Å²) in [6, 6.07) is 12.6. The van der Waals surface area contributed by atoms with E-state index in [1.165, 1.54) is 17.5 Å². The molecule has 158 valence electrons. The van der Waals surface area contributed by atoms with E-state index in [1.807, 2.05) is 18.2 Å². The third kappa shape index (κ3) is 3.38. The van der Waals surface area contributed by atoms with Gasteiger partial charge in [0.2, 0.25) is 0 Å². The van der Waals surface area contributed by atoms with E-state index < -0.39 is 12.2 Å². The number of halogens is 1. The van der Waals surface area contributed by atoms with Crippen molar-refractivity contribution < 1.29 is 14.3 Å². The zero-order chi connectivity index (χ0) is 21.6. The minimum atomic E-state index is -0.828. The molecule has 0 saturated carbocycles. The molecule has 0 unspecified atom stereocenters. The Morgan fingerprint density at radius 3 is 2.73 bits per heavy atom. The number of anilines is 3. The van der Waals surface area contributed by atoms with Gasteiger partial charge in [0, 0.05) is 48.1 Å². The Morgan fingerprint density at radius 1 is 1.23 bits per heavy atom. The second-order valence-electron chi connectivity index (χ2n) is 8.18. The van der Waals surface area contributed by atoms with Crippen molar-refractivity contribution in [3.05, 3.63) is 53.1 Å². The third-order valence-electron chi connectivity index (χ3n) is 6.23. The number of ether oxygens (including phenoxy) is 1. The fraction of sp³-hybridized carbons (Fsp3) is 0.364. The van der Waals surface area contributed by atoms with E-state index in [9.17, 15) is 9.59 Å². The summed E-state index contributed by atoms with van der Waals surface area (Å²) in [6.45, 7) is 3.28. The smallest absolute Gasteiger partial charge is 0.359 e. The maximum atomic E-state index is 12.3. The molecular weight excluding hydrogens is 404 g/mol. The van der Waals surface area contributed by atoms with Gasteiger partial charge in [0.1, 0.15) is 0 Å². The number of hydrogen-bond donors (Lipinski definition) is 1. The third-order valence-corrected chi connectivity index (χ3v) is 6.46. The molecule has 0 spiro atoms.